The van der Waals surface area contributed by atoms with Gasteiger partial charge in [0, 0.05) is 19.0 Å². The van der Waals surface area contributed by atoms with Crippen LogP contribution in [0.15, 0.2) is 30.3 Å². The number of nitrogens with two attached hydrogens (primary N) is 1. The Bertz CT molecular complexity index is 394. The van der Waals surface area contributed by atoms with Crippen LogP contribution in [-0.2, 0) is 0 Å². The van der Waals surface area contributed by atoms with E-state index in [1.807, 2.05) is 30.3 Å². The van der Waals surface area contributed by atoms with Crippen LogP contribution in [0.3, 0.4) is 0 Å². The number of hydrogen-bond donors (Lipinski definition) is 2. The van der Waals surface area contributed by atoms with Gasteiger partial charge in [-0.1, -0.05) is 18.2 Å². The second kappa shape index (κ2) is 7.14. The van der Waals surface area contributed by atoms with Gasteiger partial charge in [-0.15, -0.1) is 0 Å². The number of benzene rings is 1. The first-order valence-corrected chi connectivity index (χ1v) is 7.00. The van der Waals surface area contributed by atoms with Gasteiger partial charge in [0.1, 0.15) is 5.75 Å². The number of hydrogen-bond acceptors (Lipinski definition) is 3. The highest BCUT2D eigenvalue weighted by atomic mass is 16.5. The van der Waals surface area contributed by atoms with Crippen LogP contribution in [-0.4, -0.2) is 37.0 Å². The van der Waals surface area contributed by atoms with E-state index < -0.39 is 0 Å². The van der Waals surface area contributed by atoms with E-state index in [4.69, 9.17) is 15.9 Å². The molecule has 1 heterocycles. The summed E-state index contributed by atoms with van der Waals surface area (Å²) in [5, 5.41) is 7.53. The molecule has 1 fully saturated rings. The monoisotopic (exact) mass is 261 g/mol. The fourth-order valence-electron chi connectivity index (χ4n) is 2.51. The number of nitrogens with zero attached hydrogens (tertiary/aromatic N) is 1. The van der Waals surface area contributed by atoms with Gasteiger partial charge in [0.05, 0.1) is 12.4 Å². The molecule has 1 aromatic rings. The maximum absolute atomic E-state index is 7.53. The molecule has 1 atom stereocenters. The van der Waals surface area contributed by atoms with Gasteiger partial charge in [-0.05, 0) is 37.9 Å². The molecule has 0 bridgehead atoms. The van der Waals surface area contributed by atoms with Gasteiger partial charge in [-0.3, -0.25) is 5.41 Å². The van der Waals surface area contributed by atoms with Gasteiger partial charge in [-0.25, -0.2) is 0 Å². The Morgan fingerprint density at radius 1 is 1.37 bits per heavy atom. The van der Waals surface area contributed by atoms with Crippen molar-refractivity contribution in [3.05, 3.63) is 30.3 Å². The molecule has 0 aliphatic carbocycles. The molecule has 0 amide bonds. The summed E-state index contributed by atoms with van der Waals surface area (Å²) in [6.45, 7) is 3.82. The number of para-hydroxylation sites is 1. The zero-order valence-corrected chi connectivity index (χ0v) is 11.3. The zero-order chi connectivity index (χ0) is 13.5. The molecule has 1 aliphatic rings. The summed E-state index contributed by atoms with van der Waals surface area (Å²) in [5.74, 6) is 1.52. The summed E-state index contributed by atoms with van der Waals surface area (Å²) >= 11 is 0. The lowest BCUT2D eigenvalue weighted by Crippen LogP contribution is -2.41. The summed E-state index contributed by atoms with van der Waals surface area (Å²) in [6.07, 6.45) is 3.22. The average Bonchev–Trinajstić information content (AvgIpc) is 2.45. The molecule has 2 rings (SSSR count). The predicted octanol–water partition coefficient (Wildman–Crippen LogP) is 2.10. The minimum Gasteiger partial charge on any atom is -0.494 e. The molecule has 0 radical (unpaired) electrons. The fraction of sp³-hybridized carbons (Fsp3) is 0.533. The fourth-order valence-corrected chi connectivity index (χ4v) is 2.51. The van der Waals surface area contributed by atoms with Crippen LogP contribution in [0.2, 0.25) is 0 Å². The van der Waals surface area contributed by atoms with Crippen LogP contribution < -0.4 is 10.5 Å². The molecule has 1 aromatic carbocycles. The van der Waals surface area contributed by atoms with E-state index >= 15 is 0 Å². The van der Waals surface area contributed by atoms with Crippen molar-refractivity contribution < 1.29 is 4.74 Å². The Kier molecular flexibility index (Phi) is 5.21. The number of nitrogens with one attached hydrogen (secondary N) is 1. The molecule has 0 saturated carbocycles. The normalized spacial score (nSPS) is 20.1. The largest absolute Gasteiger partial charge is 0.494 e. The van der Waals surface area contributed by atoms with Gasteiger partial charge in [-0.2, -0.15) is 0 Å². The maximum atomic E-state index is 7.53. The Morgan fingerprint density at radius 2 is 2.16 bits per heavy atom. The quantitative estimate of drug-likeness (QED) is 0.468. The maximum Gasteiger partial charge on any atom is 0.119 e. The third-order valence-corrected chi connectivity index (χ3v) is 3.58. The van der Waals surface area contributed by atoms with Crippen molar-refractivity contribution in [2.24, 2.45) is 11.7 Å². The van der Waals surface area contributed by atoms with Gasteiger partial charge in [0.2, 0.25) is 0 Å². The SMILES string of the molecule is N=C(N)C1CCCN(CCCOc2ccccc2)C1. The van der Waals surface area contributed by atoms with Crippen LogP contribution in [0.25, 0.3) is 0 Å². The number of amidine groups is 1. The summed E-state index contributed by atoms with van der Waals surface area (Å²) < 4.78 is 5.68. The molecule has 1 saturated heterocycles. The topological polar surface area (TPSA) is 62.3 Å². The molecule has 0 aromatic heterocycles. The highest BCUT2D eigenvalue weighted by molar-refractivity contribution is 5.79. The van der Waals surface area contributed by atoms with Gasteiger partial charge in [0.25, 0.3) is 0 Å². The van der Waals surface area contributed by atoms with Crippen molar-refractivity contribution in [3.63, 3.8) is 0 Å². The van der Waals surface area contributed by atoms with Crippen molar-refractivity contribution in [2.75, 3.05) is 26.2 Å². The number of likely N-dealkylation sites (tertiary alicyclic amines) is 1. The lowest BCUT2D eigenvalue weighted by atomic mass is 9.97. The van der Waals surface area contributed by atoms with Crippen molar-refractivity contribution in [3.8, 4) is 5.75 Å². The lowest BCUT2D eigenvalue weighted by Gasteiger charge is -2.31. The molecule has 1 aliphatic heterocycles. The van der Waals surface area contributed by atoms with Crippen molar-refractivity contribution >= 4 is 5.84 Å². The molecule has 104 valence electrons. The molecule has 3 N–H and O–H groups in total. The van der Waals surface area contributed by atoms with Crippen molar-refractivity contribution in [2.45, 2.75) is 19.3 Å². The average molecular weight is 261 g/mol. The van der Waals surface area contributed by atoms with Gasteiger partial charge in [0.15, 0.2) is 0 Å². The van der Waals surface area contributed by atoms with E-state index in [-0.39, 0.29) is 5.92 Å². The first kappa shape index (κ1) is 13.9. The van der Waals surface area contributed by atoms with E-state index in [1.165, 1.54) is 0 Å². The Morgan fingerprint density at radius 3 is 2.89 bits per heavy atom. The summed E-state index contributed by atoms with van der Waals surface area (Å²) in [4.78, 5) is 2.39. The minimum absolute atomic E-state index is 0.254. The standard InChI is InChI=1S/C15H23N3O/c16-15(17)13-6-4-9-18(12-13)10-5-11-19-14-7-2-1-3-8-14/h1-3,7-8,13H,4-6,9-12H2,(H3,16,17). The Balaban J connectivity index is 1.64. The highest BCUT2D eigenvalue weighted by Crippen LogP contribution is 2.16. The molecular weight excluding hydrogens is 238 g/mol. The summed E-state index contributed by atoms with van der Waals surface area (Å²) in [7, 11) is 0. The summed E-state index contributed by atoms with van der Waals surface area (Å²) in [6, 6.07) is 9.91. The third-order valence-electron chi connectivity index (χ3n) is 3.58. The first-order chi connectivity index (χ1) is 9.25. The first-order valence-electron chi connectivity index (χ1n) is 7.00. The Labute approximate surface area is 115 Å². The van der Waals surface area contributed by atoms with Crippen LogP contribution in [0.4, 0.5) is 0 Å². The Hall–Kier alpha value is -1.55. The third kappa shape index (κ3) is 4.56. The zero-order valence-electron chi connectivity index (χ0n) is 11.3. The molecule has 1 unspecified atom stereocenters. The van der Waals surface area contributed by atoms with Crippen molar-refractivity contribution in [1.82, 2.24) is 4.90 Å². The highest BCUT2D eigenvalue weighted by Gasteiger charge is 2.21. The molecule has 0 spiro atoms. The van der Waals surface area contributed by atoms with E-state index in [0.29, 0.717) is 5.84 Å². The molecule has 4 heteroatoms. The number of ether oxygens (including phenoxy) is 1. The second-order valence-corrected chi connectivity index (χ2v) is 5.11. The van der Waals surface area contributed by atoms with Gasteiger partial charge >= 0.3 is 0 Å². The van der Waals surface area contributed by atoms with E-state index in [2.05, 4.69) is 4.90 Å². The van der Waals surface area contributed by atoms with E-state index in [9.17, 15) is 0 Å². The predicted molar refractivity (Wildman–Crippen MR) is 77.6 cm³/mol. The van der Waals surface area contributed by atoms with E-state index in [1.54, 1.807) is 0 Å². The molecule has 19 heavy (non-hydrogen) atoms. The lowest BCUT2D eigenvalue weighted by molar-refractivity contribution is 0.186. The van der Waals surface area contributed by atoms with Crippen molar-refractivity contribution in [1.29, 1.82) is 5.41 Å². The van der Waals surface area contributed by atoms with Crippen LogP contribution >= 0.6 is 0 Å². The smallest absolute Gasteiger partial charge is 0.119 e. The molecular formula is C15H23N3O. The van der Waals surface area contributed by atoms with Gasteiger partial charge < -0.3 is 15.4 Å². The van der Waals surface area contributed by atoms with Crippen LogP contribution in [0, 0.1) is 11.3 Å². The van der Waals surface area contributed by atoms with Crippen LogP contribution in [0.5, 0.6) is 5.75 Å². The van der Waals surface area contributed by atoms with Crippen LogP contribution in [0.1, 0.15) is 19.3 Å². The minimum atomic E-state index is 0.254. The number of piperidine rings is 1. The summed E-state index contributed by atoms with van der Waals surface area (Å²) in [5.41, 5.74) is 5.59. The van der Waals surface area contributed by atoms with E-state index in [0.717, 1.165) is 51.3 Å². The number of rotatable bonds is 6. The molecule has 4 nitrogen and oxygen atoms in total. The second-order valence-electron chi connectivity index (χ2n) is 5.11.